The minimum absolute atomic E-state index is 0.205. The molecule has 1 atom stereocenters. The van der Waals surface area contributed by atoms with Crippen LogP contribution in [0.15, 0.2) is 45.4 Å². The molecule has 0 radical (unpaired) electrons. The number of rotatable bonds is 4. The standard InChI is InChI=1S/C17H18N4O3/c1-12-9-14(23-19-12)10-21-7-8-22-15(11-21)16-18-17(24-20-16)13-5-3-2-4-6-13/h2-6,9,15H,7-8,10-11H2,1H3/t15-/m1/s1. The summed E-state index contributed by atoms with van der Waals surface area (Å²) in [5.74, 6) is 1.94. The third-order valence-corrected chi connectivity index (χ3v) is 3.96. The van der Waals surface area contributed by atoms with Gasteiger partial charge in [-0.05, 0) is 19.1 Å². The third kappa shape index (κ3) is 3.22. The maximum absolute atomic E-state index is 5.81. The molecule has 0 unspecified atom stereocenters. The molecule has 7 nitrogen and oxygen atoms in total. The highest BCUT2D eigenvalue weighted by Gasteiger charge is 2.27. The zero-order chi connectivity index (χ0) is 16.4. The SMILES string of the molecule is Cc1cc(CN2CCO[C@@H](c3noc(-c4ccccc4)n3)C2)on1. The molecule has 4 rings (SSSR count). The van der Waals surface area contributed by atoms with Gasteiger partial charge in [0, 0.05) is 24.7 Å². The molecule has 7 heteroatoms. The first kappa shape index (κ1) is 15.0. The van der Waals surface area contributed by atoms with Crippen molar-refractivity contribution in [2.45, 2.75) is 19.6 Å². The van der Waals surface area contributed by atoms with E-state index in [0.717, 1.165) is 23.6 Å². The van der Waals surface area contributed by atoms with E-state index in [1.807, 2.05) is 43.3 Å². The van der Waals surface area contributed by atoms with E-state index < -0.39 is 0 Å². The Labute approximate surface area is 139 Å². The lowest BCUT2D eigenvalue weighted by atomic mass is 10.2. The molecule has 0 amide bonds. The Morgan fingerprint density at radius 1 is 1.17 bits per heavy atom. The van der Waals surface area contributed by atoms with Crippen molar-refractivity contribution in [2.24, 2.45) is 0 Å². The first-order chi connectivity index (χ1) is 11.8. The van der Waals surface area contributed by atoms with Crippen LogP contribution in [-0.2, 0) is 11.3 Å². The number of morpholine rings is 1. The monoisotopic (exact) mass is 326 g/mol. The van der Waals surface area contributed by atoms with Gasteiger partial charge in [-0.2, -0.15) is 4.98 Å². The summed E-state index contributed by atoms with van der Waals surface area (Å²) in [5, 5.41) is 8.01. The smallest absolute Gasteiger partial charge is 0.258 e. The van der Waals surface area contributed by atoms with Crippen LogP contribution in [0.25, 0.3) is 11.5 Å². The first-order valence-electron chi connectivity index (χ1n) is 7.93. The van der Waals surface area contributed by atoms with Gasteiger partial charge in [-0.3, -0.25) is 4.90 Å². The number of aryl methyl sites for hydroxylation is 1. The minimum Gasteiger partial charge on any atom is -0.367 e. The molecule has 1 aliphatic rings. The van der Waals surface area contributed by atoms with E-state index >= 15 is 0 Å². The molecule has 3 heterocycles. The highest BCUT2D eigenvalue weighted by atomic mass is 16.5. The summed E-state index contributed by atoms with van der Waals surface area (Å²) in [6.07, 6.45) is -0.205. The number of aromatic nitrogens is 3. The molecule has 3 aromatic rings. The van der Waals surface area contributed by atoms with E-state index in [1.165, 1.54) is 0 Å². The van der Waals surface area contributed by atoms with Gasteiger partial charge in [0.15, 0.2) is 5.76 Å². The zero-order valence-corrected chi connectivity index (χ0v) is 13.4. The molecule has 0 N–H and O–H groups in total. The molecular weight excluding hydrogens is 308 g/mol. The van der Waals surface area contributed by atoms with Crippen LogP contribution < -0.4 is 0 Å². The number of benzene rings is 1. The summed E-state index contributed by atoms with van der Waals surface area (Å²) in [5.41, 5.74) is 1.79. The molecule has 0 saturated carbocycles. The van der Waals surface area contributed by atoms with Crippen molar-refractivity contribution in [2.75, 3.05) is 19.7 Å². The molecule has 2 aromatic heterocycles. The Bertz CT molecular complexity index is 799. The lowest BCUT2D eigenvalue weighted by Crippen LogP contribution is -2.38. The summed E-state index contributed by atoms with van der Waals surface area (Å²) in [7, 11) is 0. The van der Waals surface area contributed by atoms with Gasteiger partial charge in [-0.1, -0.05) is 28.5 Å². The molecular formula is C17H18N4O3. The first-order valence-corrected chi connectivity index (χ1v) is 7.93. The fraction of sp³-hybridized carbons (Fsp3) is 0.353. The highest BCUT2D eigenvalue weighted by Crippen LogP contribution is 2.24. The quantitative estimate of drug-likeness (QED) is 0.729. The summed E-state index contributed by atoms with van der Waals surface area (Å²) in [6.45, 7) is 4.75. The van der Waals surface area contributed by atoms with E-state index in [9.17, 15) is 0 Å². The molecule has 0 spiro atoms. The van der Waals surface area contributed by atoms with Crippen molar-refractivity contribution in [1.82, 2.24) is 20.2 Å². The summed E-state index contributed by atoms with van der Waals surface area (Å²) < 4.78 is 16.5. The molecule has 24 heavy (non-hydrogen) atoms. The second-order valence-corrected chi connectivity index (χ2v) is 5.85. The average molecular weight is 326 g/mol. The second kappa shape index (κ2) is 6.54. The maximum Gasteiger partial charge on any atom is 0.258 e. The van der Waals surface area contributed by atoms with Crippen LogP contribution in [0.3, 0.4) is 0 Å². The molecule has 1 aliphatic heterocycles. The van der Waals surface area contributed by atoms with Crippen LogP contribution in [0.4, 0.5) is 0 Å². The number of nitrogens with zero attached hydrogens (tertiary/aromatic N) is 4. The van der Waals surface area contributed by atoms with Crippen molar-refractivity contribution in [1.29, 1.82) is 0 Å². The Kier molecular flexibility index (Phi) is 4.10. The number of hydrogen-bond acceptors (Lipinski definition) is 7. The van der Waals surface area contributed by atoms with E-state index in [-0.39, 0.29) is 6.10 Å². The molecule has 1 fully saturated rings. The summed E-state index contributed by atoms with van der Waals surface area (Å²) >= 11 is 0. The summed E-state index contributed by atoms with van der Waals surface area (Å²) in [6, 6.07) is 11.7. The van der Waals surface area contributed by atoms with Gasteiger partial charge in [-0.25, -0.2) is 0 Å². The highest BCUT2D eigenvalue weighted by molar-refractivity contribution is 5.52. The van der Waals surface area contributed by atoms with Gasteiger partial charge in [0.05, 0.1) is 18.8 Å². The van der Waals surface area contributed by atoms with Gasteiger partial charge in [0.1, 0.15) is 6.10 Å². The maximum atomic E-state index is 5.81. The Morgan fingerprint density at radius 3 is 2.83 bits per heavy atom. The minimum atomic E-state index is -0.205. The second-order valence-electron chi connectivity index (χ2n) is 5.85. The van der Waals surface area contributed by atoms with Crippen molar-refractivity contribution >= 4 is 0 Å². The van der Waals surface area contributed by atoms with Crippen LogP contribution in [0, 0.1) is 6.92 Å². The largest absolute Gasteiger partial charge is 0.367 e. The molecule has 1 aromatic carbocycles. The number of ether oxygens (including phenoxy) is 1. The van der Waals surface area contributed by atoms with Gasteiger partial charge >= 0.3 is 0 Å². The van der Waals surface area contributed by atoms with Crippen LogP contribution in [-0.4, -0.2) is 39.9 Å². The summed E-state index contributed by atoms with van der Waals surface area (Å²) in [4.78, 5) is 6.73. The molecule has 124 valence electrons. The van der Waals surface area contributed by atoms with E-state index in [2.05, 4.69) is 20.2 Å². The molecule has 0 aliphatic carbocycles. The van der Waals surface area contributed by atoms with Crippen LogP contribution in [0.1, 0.15) is 23.4 Å². The van der Waals surface area contributed by atoms with Gasteiger partial charge < -0.3 is 13.8 Å². The Morgan fingerprint density at radius 2 is 2.04 bits per heavy atom. The average Bonchev–Trinajstić information content (AvgIpc) is 3.25. The third-order valence-electron chi connectivity index (χ3n) is 3.96. The van der Waals surface area contributed by atoms with Gasteiger partial charge in [-0.15, -0.1) is 0 Å². The fourth-order valence-corrected chi connectivity index (χ4v) is 2.78. The van der Waals surface area contributed by atoms with Crippen molar-refractivity contribution < 1.29 is 13.8 Å². The van der Waals surface area contributed by atoms with E-state index in [0.29, 0.717) is 31.4 Å². The normalized spacial score (nSPS) is 18.8. The zero-order valence-electron chi connectivity index (χ0n) is 13.4. The van der Waals surface area contributed by atoms with Crippen molar-refractivity contribution in [3.05, 3.63) is 53.7 Å². The van der Waals surface area contributed by atoms with Crippen LogP contribution in [0.5, 0.6) is 0 Å². The predicted octanol–water partition coefficient (Wildman–Crippen LogP) is 2.61. The molecule has 0 bridgehead atoms. The molecule has 1 saturated heterocycles. The Balaban J connectivity index is 1.45. The Hall–Kier alpha value is -2.51. The van der Waals surface area contributed by atoms with Crippen molar-refractivity contribution in [3.8, 4) is 11.5 Å². The van der Waals surface area contributed by atoms with Gasteiger partial charge in [0.2, 0.25) is 5.82 Å². The van der Waals surface area contributed by atoms with E-state index in [1.54, 1.807) is 0 Å². The van der Waals surface area contributed by atoms with Crippen LogP contribution in [0.2, 0.25) is 0 Å². The topological polar surface area (TPSA) is 77.4 Å². The fourth-order valence-electron chi connectivity index (χ4n) is 2.78. The number of hydrogen-bond donors (Lipinski definition) is 0. The van der Waals surface area contributed by atoms with Crippen molar-refractivity contribution in [3.63, 3.8) is 0 Å². The van der Waals surface area contributed by atoms with E-state index in [4.69, 9.17) is 13.8 Å². The lowest BCUT2D eigenvalue weighted by Gasteiger charge is -2.30. The lowest BCUT2D eigenvalue weighted by molar-refractivity contribution is -0.0401. The predicted molar refractivity (Wildman–Crippen MR) is 84.9 cm³/mol. The van der Waals surface area contributed by atoms with Crippen LogP contribution >= 0.6 is 0 Å². The van der Waals surface area contributed by atoms with Gasteiger partial charge in [0.25, 0.3) is 5.89 Å².